The third-order valence-electron chi connectivity index (χ3n) is 1.99. The van der Waals surface area contributed by atoms with E-state index in [9.17, 15) is 4.79 Å². The number of esters is 1. The SMILES string of the molecule is COC(=N)Cc1ccc(C(=O)OC)cc1. The molecule has 0 fully saturated rings. The van der Waals surface area contributed by atoms with E-state index in [1.54, 1.807) is 24.3 Å². The lowest BCUT2D eigenvalue weighted by atomic mass is 10.1. The van der Waals surface area contributed by atoms with E-state index in [-0.39, 0.29) is 11.9 Å². The van der Waals surface area contributed by atoms with Gasteiger partial charge in [0.25, 0.3) is 0 Å². The average Bonchev–Trinajstić information content (AvgIpc) is 2.29. The van der Waals surface area contributed by atoms with Crippen molar-refractivity contribution in [3.05, 3.63) is 35.4 Å². The Kier molecular flexibility index (Phi) is 3.85. The van der Waals surface area contributed by atoms with Gasteiger partial charge in [0.1, 0.15) is 0 Å². The van der Waals surface area contributed by atoms with Crippen LogP contribution in [0.1, 0.15) is 15.9 Å². The van der Waals surface area contributed by atoms with Crippen molar-refractivity contribution in [2.75, 3.05) is 14.2 Å². The molecule has 0 bridgehead atoms. The number of carbonyl (C=O) groups excluding carboxylic acids is 1. The van der Waals surface area contributed by atoms with Crippen molar-refractivity contribution in [2.24, 2.45) is 0 Å². The maximum Gasteiger partial charge on any atom is 0.337 e. The molecule has 0 aliphatic rings. The van der Waals surface area contributed by atoms with Crippen molar-refractivity contribution < 1.29 is 14.3 Å². The van der Waals surface area contributed by atoms with E-state index in [4.69, 9.17) is 10.1 Å². The molecule has 0 aliphatic heterocycles. The summed E-state index contributed by atoms with van der Waals surface area (Å²) in [7, 11) is 2.81. The summed E-state index contributed by atoms with van der Waals surface area (Å²) in [5.74, 6) is -0.163. The van der Waals surface area contributed by atoms with Gasteiger partial charge in [-0.2, -0.15) is 0 Å². The number of methoxy groups -OCH3 is 2. The van der Waals surface area contributed by atoms with Crippen LogP contribution in [-0.2, 0) is 15.9 Å². The predicted molar refractivity (Wildman–Crippen MR) is 56.2 cm³/mol. The molecule has 0 aromatic heterocycles. The zero-order chi connectivity index (χ0) is 11.3. The average molecular weight is 207 g/mol. The second-order valence-electron chi connectivity index (χ2n) is 2.99. The molecule has 0 radical (unpaired) electrons. The number of nitrogens with one attached hydrogen (secondary N) is 1. The second-order valence-corrected chi connectivity index (χ2v) is 2.99. The van der Waals surface area contributed by atoms with Crippen LogP contribution in [0.15, 0.2) is 24.3 Å². The van der Waals surface area contributed by atoms with Crippen LogP contribution in [0.4, 0.5) is 0 Å². The lowest BCUT2D eigenvalue weighted by Gasteiger charge is -2.03. The Labute approximate surface area is 88.3 Å². The van der Waals surface area contributed by atoms with Crippen LogP contribution < -0.4 is 0 Å². The van der Waals surface area contributed by atoms with Gasteiger partial charge >= 0.3 is 5.97 Å². The summed E-state index contributed by atoms with van der Waals surface area (Å²) in [6.45, 7) is 0. The van der Waals surface area contributed by atoms with Crippen molar-refractivity contribution >= 4 is 11.9 Å². The predicted octanol–water partition coefficient (Wildman–Crippen LogP) is 1.64. The Hall–Kier alpha value is -1.84. The highest BCUT2D eigenvalue weighted by Gasteiger charge is 2.05. The van der Waals surface area contributed by atoms with E-state index in [1.165, 1.54) is 14.2 Å². The van der Waals surface area contributed by atoms with Crippen LogP contribution >= 0.6 is 0 Å². The summed E-state index contributed by atoms with van der Waals surface area (Å²) >= 11 is 0. The van der Waals surface area contributed by atoms with Gasteiger partial charge in [-0.1, -0.05) is 12.1 Å². The van der Waals surface area contributed by atoms with Gasteiger partial charge in [-0.3, -0.25) is 5.41 Å². The lowest BCUT2D eigenvalue weighted by molar-refractivity contribution is 0.0601. The summed E-state index contributed by atoms with van der Waals surface area (Å²) < 4.78 is 9.32. The minimum absolute atomic E-state index is 0.195. The van der Waals surface area contributed by atoms with Gasteiger partial charge in [-0.25, -0.2) is 4.79 Å². The number of hydrogen-bond donors (Lipinski definition) is 1. The minimum Gasteiger partial charge on any atom is -0.484 e. The van der Waals surface area contributed by atoms with E-state index in [0.717, 1.165) is 5.56 Å². The third kappa shape index (κ3) is 3.09. The third-order valence-corrected chi connectivity index (χ3v) is 1.99. The summed E-state index contributed by atoms with van der Waals surface area (Å²) in [6, 6.07) is 6.90. The standard InChI is InChI=1S/C11H13NO3/c1-14-10(12)7-8-3-5-9(6-4-8)11(13)15-2/h3-6,12H,7H2,1-2H3. The molecule has 1 rings (SSSR count). The van der Waals surface area contributed by atoms with Gasteiger partial charge in [0.15, 0.2) is 5.90 Å². The van der Waals surface area contributed by atoms with Crippen molar-refractivity contribution in [3.63, 3.8) is 0 Å². The van der Waals surface area contributed by atoms with Gasteiger partial charge in [-0.05, 0) is 17.7 Å². The van der Waals surface area contributed by atoms with Gasteiger partial charge in [0.2, 0.25) is 0 Å². The van der Waals surface area contributed by atoms with Crippen LogP contribution in [0.5, 0.6) is 0 Å². The fourth-order valence-corrected chi connectivity index (χ4v) is 1.13. The van der Waals surface area contributed by atoms with Crippen molar-refractivity contribution in [3.8, 4) is 0 Å². The summed E-state index contributed by atoms with van der Waals surface area (Å²) in [5.41, 5.74) is 1.43. The molecular formula is C11H13NO3. The normalized spacial score (nSPS) is 9.47. The van der Waals surface area contributed by atoms with Crippen LogP contribution in [0.3, 0.4) is 0 Å². The van der Waals surface area contributed by atoms with Crippen LogP contribution in [-0.4, -0.2) is 26.1 Å². The minimum atomic E-state index is -0.358. The highest BCUT2D eigenvalue weighted by Crippen LogP contribution is 2.06. The zero-order valence-electron chi connectivity index (χ0n) is 8.74. The van der Waals surface area contributed by atoms with Gasteiger partial charge in [-0.15, -0.1) is 0 Å². The highest BCUT2D eigenvalue weighted by molar-refractivity contribution is 5.89. The summed E-state index contributed by atoms with van der Waals surface area (Å²) in [5, 5.41) is 7.34. The van der Waals surface area contributed by atoms with Crippen molar-refractivity contribution in [2.45, 2.75) is 6.42 Å². The van der Waals surface area contributed by atoms with E-state index < -0.39 is 0 Å². The number of rotatable bonds is 3. The number of benzene rings is 1. The van der Waals surface area contributed by atoms with E-state index >= 15 is 0 Å². The quantitative estimate of drug-likeness (QED) is 0.465. The summed E-state index contributed by atoms with van der Waals surface area (Å²) in [6.07, 6.45) is 0.429. The molecule has 0 amide bonds. The molecule has 15 heavy (non-hydrogen) atoms. The van der Waals surface area contributed by atoms with Gasteiger partial charge in [0, 0.05) is 6.42 Å². The lowest BCUT2D eigenvalue weighted by Crippen LogP contribution is -2.05. The Morgan fingerprint density at radius 3 is 2.27 bits per heavy atom. The first kappa shape index (κ1) is 11.2. The molecule has 0 saturated heterocycles. The fourth-order valence-electron chi connectivity index (χ4n) is 1.13. The molecule has 4 heteroatoms. The fraction of sp³-hybridized carbons (Fsp3) is 0.273. The molecule has 0 aliphatic carbocycles. The first-order chi connectivity index (χ1) is 7.17. The highest BCUT2D eigenvalue weighted by atomic mass is 16.5. The molecule has 80 valence electrons. The molecule has 0 unspecified atom stereocenters. The Balaban J connectivity index is 2.72. The molecule has 0 saturated carbocycles. The van der Waals surface area contributed by atoms with E-state index in [0.29, 0.717) is 12.0 Å². The van der Waals surface area contributed by atoms with Gasteiger partial charge in [0.05, 0.1) is 19.8 Å². The van der Waals surface area contributed by atoms with Crippen LogP contribution in [0.2, 0.25) is 0 Å². The van der Waals surface area contributed by atoms with E-state index in [1.807, 2.05) is 0 Å². The number of ether oxygens (including phenoxy) is 2. The number of carbonyl (C=O) groups is 1. The molecule has 0 spiro atoms. The van der Waals surface area contributed by atoms with Crippen LogP contribution in [0, 0.1) is 5.41 Å². The molecule has 4 nitrogen and oxygen atoms in total. The molecule has 1 N–H and O–H groups in total. The van der Waals surface area contributed by atoms with Crippen LogP contribution in [0.25, 0.3) is 0 Å². The molecular weight excluding hydrogens is 194 g/mol. The zero-order valence-corrected chi connectivity index (χ0v) is 8.74. The molecule has 1 aromatic carbocycles. The number of hydrogen-bond acceptors (Lipinski definition) is 4. The Bertz CT molecular complexity index is 357. The smallest absolute Gasteiger partial charge is 0.337 e. The van der Waals surface area contributed by atoms with E-state index in [2.05, 4.69) is 4.74 Å². The Morgan fingerprint density at radius 2 is 1.80 bits per heavy atom. The topological polar surface area (TPSA) is 59.4 Å². The van der Waals surface area contributed by atoms with Crippen molar-refractivity contribution in [1.82, 2.24) is 0 Å². The molecule has 1 aromatic rings. The molecule has 0 atom stereocenters. The Morgan fingerprint density at radius 1 is 1.20 bits per heavy atom. The maximum atomic E-state index is 11.1. The maximum absolute atomic E-state index is 11.1. The first-order valence-electron chi connectivity index (χ1n) is 4.46. The second kappa shape index (κ2) is 5.14. The van der Waals surface area contributed by atoms with Gasteiger partial charge < -0.3 is 9.47 Å². The first-order valence-corrected chi connectivity index (χ1v) is 4.46. The summed E-state index contributed by atoms with van der Waals surface area (Å²) in [4.78, 5) is 11.1. The van der Waals surface area contributed by atoms with Crippen molar-refractivity contribution in [1.29, 1.82) is 5.41 Å². The largest absolute Gasteiger partial charge is 0.484 e. The monoisotopic (exact) mass is 207 g/mol. The molecule has 0 heterocycles.